The number of nitrogens with one attached hydrogen (secondary N) is 1. The van der Waals surface area contributed by atoms with Crippen LogP contribution in [-0.4, -0.2) is 34.5 Å². The molecule has 2 amide bonds. The van der Waals surface area contributed by atoms with E-state index in [2.05, 4.69) is 10.5 Å². The second-order valence-corrected chi connectivity index (χ2v) is 6.05. The lowest BCUT2D eigenvalue weighted by molar-refractivity contribution is -0.130. The number of rotatable bonds is 3. The van der Waals surface area contributed by atoms with Crippen LogP contribution in [0.5, 0.6) is 0 Å². The van der Waals surface area contributed by atoms with Gasteiger partial charge in [-0.2, -0.15) is 0 Å². The second kappa shape index (κ2) is 5.87. The van der Waals surface area contributed by atoms with E-state index in [1.807, 2.05) is 4.90 Å². The Hall–Kier alpha value is -1.85. The fourth-order valence-electron chi connectivity index (χ4n) is 3.31. The summed E-state index contributed by atoms with van der Waals surface area (Å²) in [5, 5.41) is 6.48. The lowest BCUT2D eigenvalue weighted by atomic mass is 9.94. The van der Waals surface area contributed by atoms with E-state index in [1.54, 1.807) is 13.0 Å². The molecule has 1 N–H and O–H groups in total. The molecule has 1 aromatic rings. The van der Waals surface area contributed by atoms with E-state index in [-0.39, 0.29) is 17.7 Å². The quantitative estimate of drug-likeness (QED) is 0.925. The molecule has 0 bridgehead atoms. The molecular weight excluding hydrogens is 270 g/mol. The van der Waals surface area contributed by atoms with Crippen LogP contribution >= 0.6 is 0 Å². The number of anilines is 1. The molecule has 1 unspecified atom stereocenters. The molecule has 2 heterocycles. The van der Waals surface area contributed by atoms with Crippen LogP contribution in [0.3, 0.4) is 0 Å². The molecule has 1 atom stereocenters. The zero-order chi connectivity index (χ0) is 14.8. The van der Waals surface area contributed by atoms with Gasteiger partial charge in [-0.3, -0.25) is 9.59 Å². The maximum absolute atomic E-state index is 12.2. The maximum Gasteiger partial charge on any atom is 0.231 e. The molecule has 1 aliphatic heterocycles. The van der Waals surface area contributed by atoms with Crippen LogP contribution in [0.2, 0.25) is 0 Å². The van der Waals surface area contributed by atoms with Gasteiger partial charge >= 0.3 is 0 Å². The van der Waals surface area contributed by atoms with Crippen molar-refractivity contribution in [3.8, 4) is 0 Å². The molecule has 2 fully saturated rings. The molecule has 0 aromatic carbocycles. The fourth-order valence-corrected chi connectivity index (χ4v) is 3.31. The van der Waals surface area contributed by atoms with Gasteiger partial charge in [0.2, 0.25) is 11.8 Å². The molecule has 6 heteroatoms. The first kappa shape index (κ1) is 14.1. The van der Waals surface area contributed by atoms with E-state index in [1.165, 1.54) is 19.3 Å². The summed E-state index contributed by atoms with van der Waals surface area (Å²) in [6.07, 6.45) is 6.07. The Morgan fingerprint density at radius 2 is 2.14 bits per heavy atom. The average Bonchev–Trinajstić information content (AvgIpc) is 3.06. The molecular formula is C15H21N3O3. The van der Waals surface area contributed by atoms with Crippen LogP contribution in [0.4, 0.5) is 5.82 Å². The smallest absolute Gasteiger partial charge is 0.231 e. The van der Waals surface area contributed by atoms with Crippen molar-refractivity contribution in [1.29, 1.82) is 0 Å². The van der Waals surface area contributed by atoms with Gasteiger partial charge in [0.25, 0.3) is 0 Å². The first-order chi connectivity index (χ1) is 10.1. The Labute approximate surface area is 123 Å². The number of hydrogen-bond donors (Lipinski definition) is 1. The highest BCUT2D eigenvalue weighted by Gasteiger charge is 2.38. The van der Waals surface area contributed by atoms with Crippen LogP contribution < -0.4 is 5.32 Å². The number of aryl methyl sites for hydroxylation is 1. The summed E-state index contributed by atoms with van der Waals surface area (Å²) in [4.78, 5) is 26.3. The molecule has 2 aliphatic rings. The summed E-state index contributed by atoms with van der Waals surface area (Å²) >= 11 is 0. The highest BCUT2D eigenvalue weighted by molar-refractivity contribution is 5.96. The summed E-state index contributed by atoms with van der Waals surface area (Å²) in [6.45, 7) is 2.30. The monoisotopic (exact) mass is 291 g/mol. The third kappa shape index (κ3) is 3.09. The number of amides is 2. The number of carbonyl (C=O) groups is 2. The van der Waals surface area contributed by atoms with Gasteiger partial charge in [0.05, 0.1) is 5.92 Å². The Morgan fingerprint density at radius 3 is 2.81 bits per heavy atom. The largest absolute Gasteiger partial charge is 0.360 e. The molecule has 0 radical (unpaired) electrons. The molecule has 6 nitrogen and oxygen atoms in total. The third-order valence-corrected chi connectivity index (χ3v) is 4.42. The van der Waals surface area contributed by atoms with Gasteiger partial charge in [-0.15, -0.1) is 0 Å². The van der Waals surface area contributed by atoms with Crippen molar-refractivity contribution in [2.45, 2.75) is 51.5 Å². The molecule has 3 rings (SSSR count). The Kier molecular flexibility index (Phi) is 3.94. The molecule has 1 saturated carbocycles. The van der Waals surface area contributed by atoms with Gasteiger partial charge in [-0.25, -0.2) is 0 Å². The van der Waals surface area contributed by atoms with Crippen LogP contribution in [0, 0.1) is 12.8 Å². The van der Waals surface area contributed by atoms with E-state index in [0.29, 0.717) is 30.6 Å². The summed E-state index contributed by atoms with van der Waals surface area (Å²) in [5.41, 5.74) is 0. The fraction of sp³-hybridized carbons (Fsp3) is 0.667. The predicted octanol–water partition coefficient (Wildman–Crippen LogP) is 2.10. The highest BCUT2D eigenvalue weighted by Crippen LogP contribution is 2.29. The van der Waals surface area contributed by atoms with Crippen molar-refractivity contribution < 1.29 is 14.1 Å². The van der Waals surface area contributed by atoms with Gasteiger partial charge < -0.3 is 14.7 Å². The molecule has 0 spiro atoms. The van der Waals surface area contributed by atoms with Crippen LogP contribution in [0.25, 0.3) is 0 Å². The first-order valence-corrected chi connectivity index (χ1v) is 7.67. The van der Waals surface area contributed by atoms with E-state index >= 15 is 0 Å². The summed E-state index contributed by atoms with van der Waals surface area (Å²) < 4.78 is 4.92. The molecule has 1 aliphatic carbocycles. The van der Waals surface area contributed by atoms with Crippen molar-refractivity contribution in [3.05, 3.63) is 11.8 Å². The van der Waals surface area contributed by atoms with E-state index in [4.69, 9.17) is 4.52 Å². The molecule has 114 valence electrons. The highest BCUT2D eigenvalue weighted by atomic mass is 16.5. The maximum atomic E-state index is 12.2. The number of aromatic nitrogens is 1. The molecule has 21 heavy (non-hydrogen) atoms. The average molecular weight is 291 g/mol. The number of nitrogens with zero attached hydrogens (tertiary/aromatic N) is 2. The molecule has 1 aromatic heterocycles. The second-order valence-electron chi connectivity index (χ2n) is 6.05. The minimum Gasteiger partial charge on any atom is -0.360 e. The van der Waals surface area contributed by atoms with E-state index in [9.17, 15) is 9.59 Å². The van der Waals surface area contributed by atoms with Gasteiger partial charge in [0, 0.05) is 25.1 Å². The number of likely N-dealkylation sites (tertiary alicyclic amines) is 1. The first-order valence-electron chi connectivity index (χ1n) is 7.67. The zero-order valence-corrected chi connectivity index (χ0v) is 12.3. The van der Waals surface area contributed by atoms with Gasteiger partial charge in [0.1, 0.15) is 5.76 Å². The van der Waals surface area contributed by atoms with Gasteiger partial charge in [-0.1, -0.05) is 24.4 Å². The summed E-state index contributed by atoms with van der Waals surface area (Å²) in [6, 6.07) is 2.01. The van der Waals surface area contributed by atoms with Crippen molar-refractivity contribution >= 4 is 17.6 Å². The van der Waals surface area contributed by atoms with Crippen LogP contribution in [0.15, 0.2) is 10.6 Å². The predicted molar refractivity (Wildman–Crippen MR) is 76.6 cm³/mol. The number of hydrogen-bond acceptors (Lipinski definition) is 4. The lowest BCUT2D eigenvalue weighted by Gasteiger charge is -2.31. The minimum atomic E-state index is -0.281. The minimum absolute atomic E-state index is 0.110. The Bertz CT molecular complexity index is 534. The van der Waals surface area contributed by atoms with Crippen molar-refractivity contribution in [2.75, 3.05) is 11.9 Å². The summed E-state index contributed by atoms with van der Waals surface area (Å²) in [7, 11) is 0. The number of carbonyl (C=O) groups excluding carboxylic acids is 2. The van der Waals surface area contributed by atoms with E-state index in [0.717, 1.165) is 12.8 Å². The van der Waals surface area contributed by atoms with Crippen molar-refractivity contribution in [2.24, 2.45) is 5.92 Å². The topological polar surface area (TPSA) is 75.4 Å². The lowest BCUT2D eigenvalue weighted by Crippen LogP contribution is -2.38. The van der Waals surface area contributed by atoms with E-state index < -0.39 is 0 Å². The van der Waals surface area contributed by atoms with Gasteiger partial charge in [-0.05, 0) is 19.8 Å². The van der Waals surface area contributed by atoms with Crippen molar-refractivity contribution in [3.63, 3.8) is 0 Å². The third-order valence-electron chi connectivity index (χ3n) is 4.42. The Balaban J connectivity index is 1.59. The van der Waals surface area contributed by atoms with Gasteiger partial charge in [0.15, 0.2) is 5.82 Å². The Morgan fingerprint density at radius 1 is 1.38 bits per heavy atom. The molecule has 1 saturated heterocycles. The SMILES string of the molecule is Cc1cc(NC(=O)C2CC(=O)N(C3CCCCC3)C2)no1. The summed E-state index contributed by atoms with van der Waals surface area (Å²) in [5.74, 6) is 0.752. The van der Waals surface area contributed by atoms with Crippen LogP contribution in [-0.2, 0) is 9.59 Å². The van der Waals surface area contributed by atoms with Crippen molar-refractivity contribution in [1.82, 2.24) is 10.1 Å². The standard InChI is InChI=1S/C15H21N3O3/c1-10-7-13(17-21-10)16-15(20)11-8-14(19)18(9-11)12-5-3-2-4-6-12/h7,11-12H,2-6,8-9H2,1H3,(H,16,17,20). The van der Waals surface area contributed by atoms with Crippen LogP contribution in [0.1, 0.15) is 44.3 Å². The zero-order valence-electron chi connectivity index (χ0n) is 12.3. The normalized spacial score (nSPS) is 23.6.